The fourth-order valence-electron chi connectivity index (χ4n) is 0. The van der Waals surface area contributed by atoms with Crippen molar-refractivity contribution in [3.05, 3.63) is 0 Å². The summed E-state index contributed by atoms with van der Waals surface area (Å²) >= 11 is 0. The van der Waals surface area contributed by atoms with Crippen LogP contribution in [-0.4, -0.2) is 89.6 Å². The van der Waals surface area contributed by atoms with Crippen molar-refractivity contribution < 1.29 is 60.3 Å². The first-order chi connectivity index (χ1) is 14.6. The molecule has 0 aromatic heterocycles. The van der Waals surface area contributed by atoms with E-state index in [9.17, 15) is 0 Å². The van der Waals surface area contributed by atoms with Crippen LogP contribution in [0.3, 0.4) is 0 Å². The molecular weight excluding hydrogens is 427 g/mol. The fraction of sp³-hybridized carbons (Fsp3) is 1.00. The molecule has 0 bridgehead atoms. The zero-order valence-corrected chi connectivity index (χ0v) is 21.3. The standard InChI is InChI=1S/4C4H10.4BH3O3/c4*1-3-4-2;4*2-1(3)4/h4*3-4H2,1-2H3;4*2-4H. The third kappa shape index (κ3) is 1730. The molecule has 0 heterocycles. The third-order valence-electron chi connectivity index (χ3n) is 2.00. The van der Waals surface area contributed by atoms with Crippen LogP contribution in [0.5, 0.6) is 0 Å². The summed E-state index contributed by atoms with van der Waals surface area (Å²) < 4.78 is 0. The Morgan fingerprint density at radius 3 is 0.281 bits per heavy atom. The molecule has 0 amide bonds. The van der Waals surface area contributed by atoms with Gasteiger partial charge in [0, 0.05) is 0 Å². The maximum Gasteiger partial charge on any atom is 0.631 e. The first kappa shape index (κ1) is 53.2. The minimum Gasteiger partial charge on any atom is -0.402 e. The van der Waals surface area contributed by atoms with Gasteiger partial charge in [-0.25, -0.2) is 0 Å². The maximum absolute atomic E-state index is 7.17. The van der Waals surface area contributed by atoms with Crippen molar-refractivity contribution in [3.8, 4) is 0 Å². The normalized spacial score (nSPS) is 7.12. The van der Waals surface area contributed by atoms with Gasteiger partial charge in [0.1, 0.15) is 0 Å². The van der Waals surface area contributed by atoms with Crippen LogP contribution in [-0.2, 0) is 0 Å². The molecule has 0 fully saturated rings. The number of rotatable bonds is 4. The van der Waals surface area contributed by atoms with E-state index in [0.29, 0.717) is 0 Å². The van der Waals surface area contributed by atoms with Crippen molar-refractivity contribution in [2.24, 2.45) is 0 Å². The highest BCUT2D eigenvalue weighted by Crippen LogP contribution is 1.78. The lowest BCUT2D eigenvalue weighted by molar-refractivity contribution is 0.276. The van der Waals surface area contributed by atoms with Gasteiger partial charge in [-0.3, -0.25) is 0 Å². The zero-order valence-electron chi connectivity index (χ0n) is 21.3. The Morgan fingerprint density at radius 1 is 0.250 bits per heavy atom. The highest BCUT2D eigenvalue weighted by Gasteiger charge is 1.93. The Bertz CT molecular complexity index is 151. The minimum atomic E-state index is -2.17. The molecule has 200 valence electrons. The van der Waals surface area contributed by atoms with E-state index in [0.717, 1.165) is 0 Å². The molecule has 0 aromatic carbocycles. The van der Waals surface area contributed by atoms with E-state index in [1.165, 1.54) is 51.4 Å². The molecule has 0 aromatic rings. The summed E-state index contributed by atoms with van der Waals surface area (Å²) in [6, 6.07) is 0. The van der Waals surface area contributed by atoms with Crippen LogP contribution in [0.2, 0.25) is 0 Å². The van der Waals surface area contributed by atoms with Gasteiger partial charge >= 0.3 is 29.3 Å². The van der Waals surface area contributed by atoms with Crippen molar-refractivity contribution in [2.45, 2.75) is 107 Å². The Labute approximate surface area is 196 Å². The first-order valence-corrected chi connectivity index (χ1v) is 10.8. The average molecular weight is 480 g/mol. The van der Waals surface area contributed by atoms with E-state index in [2.05, 4.69) is 55.4 Å². The van der Waals surface area contributed by atoms with Gasteiger partial charge in [-0.05, 0) is 0 Å². The largest absolute Gasteiger partial charge is 0.631 e. The molecule has 0 aliphatic heterocycles. The van der Waals surface area contributed by atoms with Gasteiger partial charge in [0.15, 0.2) is 0 Å². The predicted octanol–water partition coefficient (Wildman–Crippen LogP) is -0.982. The molecule has 12 N–H and O–H groups in total. The molecule has 0 aliphatic carbocycles. The monoisotopic (exact) mass is 480 g/mol. The molecule has 32 heavy (non-hydrogen) atoms. The summed E-state index contributed by atoms with van der Waals surface area (Å²) in [6.07, 6.45) is 10.6. The van der Waals surface area contributed by atoms with Crippen LogP contribution in [0, 0.1) is 0 Å². The SMILES string of the molecule is CCCC.CCCC.CCCC.CCCC.OB(O)O.OB(O)O.OB(O)O.OB(O)O. The molecule has 0 aliphatic rings. The Balaban J connectivity index is -0.0000000343. The van der Waals surface area contributed by atoms with Crippen LogP contribution in [0.25, 0.3) is 0 Å². The fourth-order valence-corrected chi connectivity index (χ4v) is 0. The molecule has 0 saturated carbocycles. The quantitative estimate of drug-likeness (QED) is 0.217. The smallest absolute Gasteiger partial charge is 0.402 e. The molecule has 0 atom stereocenters. The van der Waals surface area contributed by atoms with E-state index < -0.39 is 29.3 Å². The molecule has 0 rings (SSSR count). The van der Waals surface area contributed by atoms with Gasteiger partial charge in [0.2, 0.25) is 0 Å². The predicted molar refractivity (Wildman–Crippen MR) is 132 cm³/mol. The van der Waals surface area contributed by atoms with Crippen molar-refractivity contribution in [1.82, 2.24) is 0 Å². The second-order valence-corrected chi connectivity index (χ2v) is 5.39. The van der Waals surface area contributed by atoms with Crippen LogP contribution in [0.1, 0.15) is 107 Å². The van der Waals surface area contributed by atoms with Gasteiger partial charge in [-0.2, -0.15) is 0 Å². The van der Waals surface area contributed by atoms with Crippen LogP contribution >= 0.6 is 0 Å². The van der Waals surface area contributed by atoms with E-state index in [1.807, 2.05) is 0 Å². The van der Waals surface area contributed by atoms with Gasteiger partial charge in [0.05, 0.1) is 0 Å². The molecule has 0 radical (unpaired) electrons. The first-order valence-electron chi connectivity index (χ1n) is 10.8. The summed E-state index contributed by atoms with van der Waals surface area (Å²) in [6.45, 7) is 17.4. The number of unbranched alkanes of at least 4 members (excludes halogenated alkanes) is 4. The summed E-state index contributed by atoms with van der Waals surface area (Å²) in [5.74, 6) is 0. The lowest BCUT2D eigenvalue weighted by atomic mass is 10.3. The summed E-state index contributed by atoms with van der Waals surface area (Å²) in [5, 5.41) is 86.0. The van der Waals surface area contributed by atoms with E-state index >= 15 is 0 Å². The van der Waals surface area contributed by atoms with E-state index in [1.54, 1.807) is 0 Å². The lowest BCUT2D eigenvalue weighted by Gasteiger charge is -1.69. The molecular formula is C16H52B4O12. The van der Waals surface area contributed by atoms with Gasteiger partial charge < -0.3 is 60.3 Å². The van der Waals surface area contributed by atoms with Gasteiger partial charge in [-0.15, -0.1) is 0 Å². The van der Waals surface area contributed by atoms with E-state index in [4.69, 9.17) is 60.3 Å². The van der Waals surface area contributed by atoms with Gasteiger partial charge in [-0.1, -0.05) is 107 Å². The second kappa shape index (κ2) is 69.8. The maximum atomic E-state index is 7.17. The average Bonchev–Trinajstić information content (AvgIpc) is 2.66. The van der Waals surface area contributed by atoms with Gasteiger partial charge in [0.25, 0.3) is 0 Å². The number of hydrogen-bond donors (Lipinski definition) is 12. The third-order valence-corrected chi connectivity index (χ3v) is 2.00. The summed E-state index contributed by atoms with van der Waals surface area (Å²) in [4.78, 5) is 0. The van der Waals surface area contributed by atoms with Crippen molar-refractivity contribution in [1.29, 1.82) is 0 Å². The molecule has 0 spiro atoms. The van der Waals surface area contributed by atoms with Crippen molar-refractivity contribution in [2.75, 3.05) is 0 Å². The minimum absolute atomic E-state index is 1.32. The van der Waals surface area contributed by atoms with Crippen molar-refractivity contribution in [3.63, 3.8) is 0 Å². The summed E-state index contributed by atoms with van der Waals surface area (Å²) in [7, 11) is -8.67. The topological polar surface area (TPSA) is 243 Å². The molecule has 16 heteroatoms. The van der Waals surface area contributed by atoms with Crippen LogP contribution in [0.4, 0.5) is 0 Å². The summed E-state index contributed by atoms with van der Waals surface area (Å²) in [5.41, 5.74) is 0. The molecule has 12 nitrogen and oxygen atoms in total. The highest BCUT2D eigenvalue weighted by molar-refractivity contribution is 6.31. The lowest BCUT2D eigenvalue weighted by Crippen LogP contribution is -2.07. The number of hydrogen-bond acceptors (Lipinski definition) is 12. The Kier molecular flexibility index (Phi) is 116. The van der Waals surface area contributed by atoms with Crippen LogP contribution in [0.15, 0.2) is 0 Å². The van der Waals surface area contributed by atoms with E-state index in [-0.39, 0.29) is 0 Å². The van der Waals surface area contributed by atoms with Crippen LogP contribution < -0.4 is 0 Å². The second-order valence-electron chi connectivity index (χ2n) is 5.39. The Morgan fingerprint density at radius 2 is 0.281 bits per heavy atom. The molecule has 0 saturated heterocycles. The Hall–Kier alpha value is -0.220. The zero-order chi connectivity index (χ0) is 28.0. The highest BCUT2D eigenvalue weighted by atomic mass is 16.5. The van der Waals surface area contributed by atoms with Crippen molar-refractivity contribution >= 4 is 29.3 Å². The molecule has 0 unspecified atom stereocenters.